The maximum Gasteiger partial charge on any atom is 0.0363 e. The van der Waals surface area contributed by atoms with E-state index < -0.39 is 0 Å². The van der Waals surface area contributed by atoms with Gasteiger partial charge in [0.05, 0.1) is 0 Å². The van der Waals surface area contributed by atoms with Crippen molar-refractivity contribution in [3.63, 3.8) is 0 Å². The Morgan fingerprint density at radius 2 is 2.08 bits per heavy atom. The predicted molar refractivity (Wildman–Crippen MR) is 54.3 cm³/mol. The van der Waals surface area contributed by atoms with Crippen molar-refractivity contribution in [2.45, 2.75) is 25.3 Å². The third-order valence-electron chi connectivity index (χ3n) is 2.84. The first-order valence-electron chi connectivity index (χ1n) is 5.08. The second-order valence-electron chi connectivity index (χ2n) is 3.76. The van der Waals surface area contributed by atoms with E-state index in [4.69, 9.17) is 0 Å². The van der Waals surface area contributed by atoms with E-state index in [9.17, 15) is 0 Å². The quantitative estimate of drug-likeness (QED) is 0.734. The van der Waals surface area contributed by atoms with Crippen LogP contribution in [0.15, 0.2) is 18.5 Å². The molecule has 1 radical (unpaired) electrons. The van der Waals surface area contributed by atoms with Gasteiger partial charge in [0.15, 0.2) is 0 Å². The highest BCUT2D eigenvalue weighted by molar-refractivity contribution is 5.15. The van der Waals surface area contributed by atoms with Gasteiger partial charge in [0.2, 0.25) is 0 Å². The fourth-order valence-electron chi connectivity index (χ4n) is 1.98. The van der Waals surface area contributed by atoms with Crippen LogP contribution in [0.4, 0.5) is 0 Å². The number of nitrogens with one attached hydrogen (secondary N) is 1. The molecule has 1 aromatic heterocycles. The van der Waals surface area contributed by atoms with Crippen molar-refractivity contribution in [2.75, 3.05) is 13.1 Å². The minimum absolute atomic E-state index is 0.339. The largest absolute Gasteiger partial charge is 0.367 e. The van der Waals surface area contributed by atoms with Crippen LogP contribution < -0.4 is 0 Å². The number of likely N-dealkylation sites (tertiary alicyclic amines) is 1. The summed E-state index contributed by atoms with van der Waals surface area (Å²) in [4.78, 5) is 5.55. The fraction of sp³-hybridized carbons (Fsp3) is 0.545. The van der Waals surface area contributed by atoms with Crippen LogP contribution >= 0.6 is 0 Å². The van der Waals surface area contributed by atoms with Crippen molar-refractivity contribution in [1.82, 2.24) is 9.88 Å². The number of rotatable bonds is 2. The Labute approximate surface area is 79.9 Å². The van der Waals surface area contributed by atoms with Crippen LogP contribution in [0.5, 0.6) is 0 Å². The molecule has 1 saturated heterocycles. The molecule has 1 aliphatic rings. The molecule has 1 atom stereocenters. The lowest BCUT2D eigenvalue weighted by Gasteiger charge is -2.31. The van der Waals surface area contributed by atoms with Gasteiger partial charge in [-0.05, 0) is 44.5 Å². The van der Waals surface area contributed by atoms with Crippen LogP contribution in [-0.2, 0) is 0 Å². The maximum absolute atomic E-state index is 4.21. The molecule has 2 heterocycles. The lowest BCUT2D eigenvalue weighted by molar-refractivity contribution is 0.190. The van der Waals surface area contributed by atoms with Crippen molar-refractivity contribution in [2.24, 2.45) is 0 Å². The molecule has 0 aliphatic carbocycles. The number of piperidine rings is 1. The minimum atomic E-state index is 0.339. The zero-order valence-electron chi connectivity index (χ0n) is 8.00. The Morgan fingerprint density at radius 1 is 1.31 bits per heavy atom. The molecule has 2 heteroatoms. The molecule has 1 fully saturated rings. The summed E-state index contributed by atoms with van der Waals surface area (Å²) in [5, 5.41) is 0. The highest BCUT2D eigenvalue weighted by Crippen LogP contribution is 2.22. The highest BCUT2D eigenvalue weighted by Gasteiger charge is 2.17. The van der Waals surface area contributed by atoms with Crippen LogP contribution in [0, 0.1) is 6.92 Å². The minimum Gasteiger partial charge on any atom is -0.367 e. The number of hydrogen-bond acceptors (Lipinski definition) is 1. The molecule has 0 aromatic carbocycles. The SMILES string of the molecule is [CH2]C(c1cc[nH]c1)N1CCCCC1. The van der Waals surface area contributed by atoms with Gasteiger partial charge in [0, 0.05) is 18.4 Å². The molecule has 1 unspecified atom stereocenters. The summed E-state index contributed by atoms with van der Waals surface area (Å²) in [6, 6.07) is 2.46. The summed E-state index contributed by atoms with van der Waals surface area (Å²) in [6.07, 6.45) is 8.06. The normalized spacial score (nSPS) is 21.6. The van der Waals surface area contributed by atoms with E-state index in [0.29, 0.717) is 6.04 Å². The highest BCUT2D eigenvalue weighted by atomic mass is 15.2. The smallest absolute Gasteiger partial charge is 0.0363 e. The number of aromatic nitrogens is 1. The van der Waals surface area contributed by atoms with Crippen molar-refractivity contribution in [3.8, 4) is 0 Å². The fourth-order valence-corrected chi connectivity index (χ4v) is 1.98. The van der Waals surface area contributed by atoms with Gasteiger partial charge in [-0.2, -0.15) is 0 Å². The number of nitrogens with zero attached hydrogens (tertiary/aromatic N) is 1. The molecule has 0 spiro atoms. The molecular formula is C11H17N2. The molecular weight excluding hydrogens is 160 g/mol. The first-order valence-corrected chi connectivity index (χ1v) is 5.08. The predicted octanol–water partition coefficient (Wildman–Crippen LogP) is 2.38. The lowest BCUT2D eigenvalue weighted by Crippen LogP contribution is -2.32. The summed E-state index contributed by atoms with van der Waals surface area (Å²) in [6.45, 7) is 6.63. The molecule has 13 heavy (non-hydrogen) atoms. The van der Waals surface area contributed by atoms with Crippen molar-refractivity contribution in [3.05, 3.63) is 30.9 Å². The average molecular weight is 177 g/mol. The summed E-state index contributed by atoms with van der Waals surface area (Å²) in [5.41, 5.74) is 1.31. The molecule has 0 bridgehead atoms. The van der Waals surface area contributed by atoms with Gasteiger partial charge in [0.1, 0.15) is 0 Å². The van der Waals surface area contributed by atoms with Gasteiger partial charge in [-0.1, -0.05) is 6.42 Å². The first kappa shape index (κ1) is 8.82. The van der Waals surface area contributed by atoms with Crippen molar-refractivity contribution < 1.29 is 0 Å². The van der Waals surface area contributed by atoms with Gasteiger partial charge in [-0.15, -0.1) is 0 Å². The second kappa shape index (κ2) is 3.97. The first-order chi connectivity index (χ1) is 6.38. The van der Waals surface area contributed by atoms with E-state index in [2.05, 4.69) is 22.9 Å². The van der Waals surface area contributed by atoms with Crippen LogP contribution in [0.3, 0.4) is 0 Å². The van der Waals surface area contributed by atoms with E-state index in [1.54, 1.807) is 0 Å². The Hall–Kier alpha value is -0.760. The van der Waals surface area contributed by atoms with Crippen LogP contribution in [0.25, 0.3) is 0 Å². The summed E-state index contributed by atoms with van der Waals surface area (Å²) >= 11 is 0. The number of aromatic amines is 1. The molecule has 1 N–H and O–H groups in total. The van der Waals surface area contributed by atoms with Gasteiger partial charge in [-0.25, -0.2) is 0 Å². The lowest BCUT2D eigenvalue weighted by atomic mass is 10.1. The van der Waals surface area contributed by atoms with Crippen molar-refractivity contribution >= 4 is 0 Å². The molecule has 71 valence electrons. The van der Waals surface area contributed by atoms with E-state index >= 15 is 0 Å². The Bertz CT molecular complexity index is 235. The molecule has 1 aromatic rings. The molecule has 2 rings (SSSR count). The van der Waals surface area contributed by atoms with E-state index in [1.807, 2.05) is 12.4 Å². The molecule has 0 saturated carbocycles. The van der Waals surface area contributed by atoms with Gasteiger partial charge in [0.25, 0.3) is 0 Å². The van der Waals surface area contributed by atoms with Crippen LogP contribution in [-0.4, -0.2) is 23.0 Å². The van der Waals surface area contributed by atoms with Gasteiger partial charge < -0.3 is 4.98 Å². The Kier molecular flexibility index (Phi) is 2.69. The van der Waals surface area contributed by atoms with Crippen LogP contribution in [0.2, 0.25) is 0 Å². The topological polar surface area (TPSA) is 19.0 Å². The Morgan fingerprint density at radius 3 is 2.69 bits per heavy atom. The maximum atomic E-state index is 4.21. The van der Waals surface area contributed by atoms with E-state index in [1.165, 1.54) is 37.9 Å². The summed E-state index contributed by atoms with van der Waals surface area (Å²) in [5.74, 6) is 0. The van der Waals surface area contributed by atoms with Gasteiger partial charge >= 0.3 is 0 Å². The third kappa shape index (κ3) is 1.94. The Balaban J connectivity index is 1.99. The number of hydrogen-bond donors (Lipinski definition) is 1. The number of H-pyrrole nitrogens is 1. The van der Waals surface area contributed by atoms with E-state index in [0.717, 1.165) is 0 Å². The summed E-state index contributed by atoms with van der Waals surface area (Å²) < 4.78 is 0. The third-order valence-corrected chi connectivity index (χ3v) is 2.84. The van der Waals surface area contributed by atoms with Crippen molar-refractivity contribution in [1.29, 1.82) is 0 Å². The standard InChI is InChI=1S/C11H17N2/c1-10(11-5-6-12-9-11)13-7-3-2-4-8-13/h5-6,9-10,12H,1-4,7-8H2. The van der Waals surface area contributed by atoms with E-state index in [-0.39, 0.29) is 0 Å². The van der Waals surface area contributed by atoms with Gasteiger partial charge in [-0.3, -0.25) is 4.90 Å². The zero-order valence-corrected chi connectivity index (χ0v) is 8.00. The second-order valence-corrected chi connectivity index (χ2v) is 3.76. The molecule has 0 amide bonds. The summed E-state index contributed by atoms with van der Waals surface area (Å²) in [7, 11) is 0. The monoisotopic (exact) mass is 177 g/mol. The molecule has 1 aliphatic heterocycles. The molecule has 2 nitrogen and oxygen atoms in total. The van der Waals surface area contributed by atoms with Crippen LogP contribution in [0.1, 0.15) is 30.9 Å². The average Bonchev–Trinajstić information content (AvgIpc) is 2.71. The zero-order chi connectivity index (χ0) is 9.10.